The van der Waals surface area contributed by atoms with E-state index in [0.29, 0.717) is 22.5 Å². The van der Waals surface area contributed by atoms with Crippen molar-refractivity contribution in [3.05, 3.63) is 44.9 Å². The van der Waals surface area contributed by atoms with Crippen LogP contribution >= 0.6 is 11.3 Å². The van der Waals surface area contributed by atoms with Crippen LogP contribution in [0.25, 0.3) is 0 Å². The summed E-state index contributed by atoms with van der Waals surface area (Å²) in [6.45, 7) is 3.59. The van der Waals surface area contributed by atoms with Gasteiger partial charge in [-0.25, -0.2) is 9.59 Å². The molecule has 0 unspecified atom stereocenters. The number of methoxy groups -OCH3 is 2. The molecule has 2 heterocycles. The summed E-state index contributed by atoms with van der Waals surface area (Å²) in [4.78, 5) is 24.3. The van der Waals surface area contributed by atoms with Gasteiger partial charge in [0.15, 0.2) is 0 Å². The van der Waals surface area contributed by atoms with Gasteiger partial charge in [0.05, 0.1) is 31.3 Å². The molecular weight excluding hydrogens is 290 g/mol. The first kappa shape index (κ1) is 15.3. The van der Waals surface area contributed by atoms with Gasteiger partial charge in [0.25, 0.3) is 0 Å². The highest BCUT2D eigenvalue weighted by molar-refractivity contribution is 7.08. The Hall–Kier alpha value is -2.08. The number of allylic oxidation sites excluding steroid dienone is 2. The molecule has 1 aliphatic rings. The minimum Gasteiger partial charge on any atom is -0.466 e. The Labute approximate surface area is 127 Å². The van der Waals surface area contributed by atoms with Crippen LogP contribution in [0.2, 0.25) is 0 Å². The minimum absolute atomic E-state index is 0.432. The second-order valence-electron chi connectivity index (χ2n) is 4.68. The first-order chi connectivity index (χ1) is 10.0. The van der Waals surface area contributed by atoms with Gasteiger partial charge >= 0.3 is 11.9 Å². The van der Waals surface area contributed by atoms with Crippen LogP contribution in [0.15, 0.2) is 39.4 Å². The van der Waals surface area contributed by atoms with E-state index >= 15 is 0 Å². The van der Waals surface area contributed by atoms with Crippen LogP contribution < -0.4 is 5.32 Å². The molecule has 2 rings (SSSR count). The van der Waals surface area contributed by atoms with Gasteiger partial charge in [0.2, 0.25) is 0 Å². The van der Waals surface area contributed by atoms with Crippen molar-refractivity contribution in [3.63, 3.8) is 0 Å². The maximum Gasteiger partial charge on any atom is 0.336 e. The molecule has 0 spiro atoms. The third kappa shape index (κ3) is 2.71. The Bertz CT molecular complexity index is 590. The van der Waals surface area contributed by atoms with Gasteiger partial charge < -0.3 is 14.8 Å². The molecule has 0 saturated heterocycles. The molecule has 0 aromatic carbocycles. The van der Waals surface area contributed by atoms with E-state index in [1.165, 1.54) is 25.6 Å². The molecular formula is C15H17NO4S. The number of thiophene rings is 1. The molecule has 1 aliphatic heterocycles. The van der Waals surface area contributed by atoms with Crippen molar-refractivity contribution >= 4 is 23.3 Å². The predicted molar refractivity (Wildman–Crippen MR) is 79.6 cm³/mol. The molecule has 1 aromatic heterocycles. The first-order valence-corrected chi connectivity index (χ1v) is 7.32. The number of nitrogens with one attached hydrogen (secondary N) is 1. The highest BCUT2D eigenvalue weighted by Gasteiger charge is 2.37. The van der Waals surface area contributed by atoms with Crippen molar-refractivity contribution in [1.29, 1.82) is 0 Å². The lowest BCUT2D eigenvalue weighted by Gasteiger charge is -2.29. The summed E-state index contributed by atoms with van der Waals surface area (Å²) in [5, 5.41) is 6.89. The lowest BCUT2D eigenvalue weighted by Crippen LogP contribution is -2.31. The van der Waals surface area contributed by atoms with Crippen LogP contribution in [-0.2, 0) is 19.1 Å². The third-order valence-electron chi connectivity index (χ3n) is 3.45. The summed E-state index contributed by atoms with van der Waals surface area (Å²) in [6.07, 6.45) is 0. The molecule has 1 aromatic rings. The molecule has 112 valence electrons. The number of carbonyl (C=O) groups excluding carboxylic acids is 2. The van der Waals surface area contributed by atoms with E-state index < -0.39 is 17.9 Å². The van der Waals surface area contributed by atoms with Gasteiger partial charge in [-0.1, -0.05) is 0 Å². The highest BCUT2D eigenvalue weighted by atomic mass is 32.1. The van der Waals surface area contributed by atoms with Crippen molar-refractivity contribution in [2.75, 3.05) is 14.2 Å². The molecule has 21 heavy (non-hydrogen) atoms. The Morgan fingerprint density at radius 2 is 1.62 bits per heavy atom. The Kier molecular flexibility index (Phi) is 4.47. The number of ether oxygens (including phenoxy) is 2. The van der Waals surface area contributed by atoms with E-state index in [4.69, 9.17) is 9.47 Å². The van der Waals surface area contributed by atoms with E-state index in [0.717, 1.165) is 5.56 Å². The fraction of sp³-hybridized carbons (Fsp3) is 0.333. The summed E-state index contributed by atoms with van der Waals surface area (Å²) in [5.41, 5.74) is 3.11. The number of dihydropyridines is 1. The summed E-state index contributed by atoms with van der Waals surface area (Å²) in [5.74, 6) is -1.38. The average molecular weight is 307 g/mol. The second-order valence-corrected chi connectivity index (χ2v) is 5.46. The van der Waals surface area contributed by atoms with E-state index in [9.17, 15) is 9.59 Å². The van der Waals surface area contributed by atoms with Gasteiger partial charge in [0, 0.05) is 11.4 Å². The van der Waals surface area contributed by atoms with Crippen LogP contribution in [-0.4, -0.2) is 26.2 Å². The average Bonchev–Trinajstić information content (AvgIpc) is 2.99. The number of rotatable bonds is 3. The number of hydrogen-bond donors (Lipinski definition) is 1. The van der Waals surface area contributed by atoms with Crippen molar-refractivity contribution in [2.24, 2.45) is 0 Å². The Balaban J connectivity index is 2.63. The smallest absolute Gasteiger partial charge is 0.336 e. The van der Waals surface area contributed by atoms with Crippen molar-refractivity contribution < 1.29 is 19.1 Å². The Morgan fingerprint density at radius 3 is 2.00 bits per heavy atom. The van der Waals surface area contributed by atoms with Crippen LogP contribution in [0, 0.1) is 0 Å². The molecule has 6 heteroatoms. The molecule has 1 N–H and O–H groups in total. The summed E-state index contributed by atoms with van der Waals surface area (Å²) in [7, 11) is 2.66. The Morgan fingerprint density at radius 1 is 1.10 bits per heavy atom. The van der Waals surface area contributed by atoms with Gasteiger partial charge in [-0.05, 0) is 36.2 Å². The maximum atomic E-state index is 12.2. The zero-order chi connectivity index (χ0) is 15.6. The van der Waals surface area contributed by atoms with E-state index in [2.05, 4.69) is 5.32 Å². The molecule has 0 saturated carbocycles. The predicted octanol–water partition coefficient (Wildman–Crippen LogP) is 2.33. The minimum atomic E-state index is -0.475. The maximum absolute atomic E-state index is 12.2. The normalized spacial score (nSPS) is 15.8. The highest BCUT2D eigenvalue weighted by Crippen LogP contribution is 2.39. The van der Waals surface area contributed by atoms with E-state index in [1.807, 2.05) is 16.8 Å². The molecule has 0 atom stereocenters. The van der Waals surface area contributed by atoms with E-state index in [-0.39, 0.29) is 0 Å². The zero-order valence-corrected chi connectivity index (χ0v) is 13.2. The molecule has 5 nitrogen and oxygen atoms in total. The quantitative estimate of drug-likeness (QED) is 0.868. The standard InChI is InChI=1S/C15H17NO4S/c1-8-11(14(17)19-3)13(10-5-6-21-7-10)12(9(2)16-8)15(18)20-4/h5-7,13,16H,1-4H3. The SMILES string of the molecule is COC(=O)C1=C(C)NC(C)=C(C(=O)OC)C1c1ccsc1. The lowest BCUT2D eigenvalue weighted by molar-refractivity contribution is -0.137. The van der Waals surface area contributed by atoms with Gasteiger partial charge in [0.1, 0.15) is 0 Å². The fourth-order valence-electron chi connectivity index (χ4n) is 2.53. The molecule has 0 bridgehead atoms. The van der Waals surface area contributed by atoms with Crippen molar-refractivity contribution in [3.8, 4) is 0 Å². The fourth-order valence-corrected chi connectivity index (χ4v) is 3.21. The monoisotopic (exact) mass is 307 g/mol. The lowest BCUT2D eigenvalue weighted by atomic mass is 9.81. The largest absolute Gasteiger partial charge is 0.466 e. The summed E-state index contributed by atoms with van der Waals surface area (Å²) in [6, 6.07) is 1.90. The summed E-state index contributed by atoms with van der Waals surface area (Å²) >= 11 is 1.51. The van der Waals surface area contributed by atoms with Gasteiger partial charge in [-0.2, -0.15) is 11.3 Å². The van der Waals surface area contributed by atoms with Crippen LogP contribution in [0.3, 0.4) is 0 Å². The van der Waals surface area contributed by atoms with Gasteiger partial charge in [-0.15, -0.1) is 0 Å². The third-order valence-corrected chi connectivity index (χ3v) is 4.15. The first-order valence-electron chi connectivity index (χ1n) is 6.38. The van der Waals surface area contributed by atoms with Crippen LogP contribution in [0.5, 0.6) is 0 Å². The van der Waals surface area contributed by atoms with Crippen LogP contribution in [0.1, 0.15) is 25.3 Å². The van der Waals surface area contributed by atoms with Crippen molar-refractivity contribution in [1.82, 2.24) is 5.32 Å². The molecule has 0 radical (unpaired) electrons. The second kappa shape index (κ2) is 6.13. The number of carbonyl (C=O) groups is 2. The topological polar surface area (TPSA) is 64.6 Å². The van der Waals surface area contributed by atoms with Crippen molar-refractivity contribution in [2.45, 2.75) is 19.8 Å². The van der Waals surface area contributed by atoms with E-state index in [1.54, 1.807) is 13.8 Å². The molecule has 0 aliphatic carbocycles. The van der Waals surface area contributed by atoms with Crippen LogP contribution in [0.4, 0.5) is 0 Å². The zero-order valence-electron chi connectivity index (χ0n) is 12.4. The molecule has 0 amide bonds. The number of hydrogen-bond acceptors (Lipinski definition) is 6. The summed E-state index contributed by atoms with van der Waals surface area (Å²) < 4.78 is 9.75. The molecule has 0 fully saturated rings. The number of esters is 2. The van der Waals surface area contributed by atoms with Gasteiger partial charge in [-0.3, -0.25) is 0 Å².